The van der Waals surface area contributed by atoms with Crippen molar-refractivity contribution in [2.75, 3.05) is 18.1 Å². The van der Waals surface area contributed by atoms with Crippen LogP contribution in [0.2, 0.25) is 0 Å². The van der Waals surface area contributed by atoms with Gasteiger partial charge in [-0.1, -0.05) is 48.5 Å². The van der Waals surface area contributed by atoms with Gasteiger partial charge in [-0.05, 0) is 43.9 Å². The van der Waals surface area contributed by atoms with Gasteiger partial charge in [0.2, 0.25) is 41.4 Å². The molecule has 3 heterocycles. The maximum absolute atomic E-state index is 14.5. The minimum Gasteiger partial charge on any atom is -0.370 e. The number of carbonyl (C=O) groups is 9. The van der Waals surface area contributed by atoms with E-state index in [4.69, 9.17) is 17.2 Å². The Kier molecular flexibility index (Phi) is 19.8. The molecule has 8 atom stereocenters. The largest absolute Gasteiger partial charge is 0.370 e. The first-order chi connectivity index (χ1) is 33.9. The van der Waals surface area contributed by atoms with E-state index in [0.717, 1.165) is 15.8 Å². The molecule has 2 aromatic heterocycles. The Balaban J connectivity index is 1.40. The number of nitrogens with one attached hydrogen (secondary N) is 9. The van der Waals surface area contributed by atoms with Gasteiger partial charge >= 0.3 is 6.03 Å². The predicted octanol–water partition coefficient (Wildman–Crippen LogP) is -2.45. The summed E-state index contributed by atoms with van der Waals surface area (Å²) in [5.74, 6) is -7.03. The van der Waals surface area contributed by atoms with E-state index < -0.39 is 102 Å². The molecular weight excluding hydrogens is 959 g/mol. The highest BCUT2D eigenvalue weighted by molar-refractivity contribution is 7.80. The summed E-state index contributed by atoms with van der Waals surface area (Å²) in [6.45, 7) is 2.84. The summed E-state index contributed by atoms with van der Waals surface area (Å²) < 4.78 is 0. The minimum atomic E-state index is -1.40. The number of guanidine groups is 1. The zero-order chi connectivity index (χ0) is 51.8. The molecule has 2 aromatic carbocycles. The number of aliphatic imine (C=N–C) groups is 1. The predicted molar refractivity (Wildman–Crippen MR) is 267 cm³/mol. The molecular formula is C45H59N15O9S2. The standard InChI is InChI=1S/C45H59N15O9S2/c1-23(53-42(67)35(21-71)60-43(68)24(2)54-45(60)69)37(62)56-33(17-27-19-49-22-52-27)41(66)57-31(15-25-9-4-3-5-10-25)39(64)55-30(13-8-14-50-44(47)48)38(63)58-32(40(65)59-34(20-70)36(46)61)16-26-18-51-29-12-7-6-11-28(26)29/h3-7,9-12,18-19,22-24,30-35,51,70-71H,8,13-17,20-21H2,1-2H3,(H2,46,61)(H,49,52)(H,53,67)(H,54,69)(H,55,64)(H,56,62)(H,57,66)(H,58,63)(H,59,65)(H4,47,48,50)/t23-,24+,30+,31-,32+,33+,34+,35+/m1/s1. The van der Waals surface area contributed by atoms with Crippen molar-refractivity contribution in [2.45, 2.75) is 94.3 Å². The van der Waals surface area contributed by atoms with Crippen LogP contribution in [0, 0.1) is 0 Å². The number of thiol groups is 2. The Labute approximate surface area is 418 Å². The number of carbonyl (C=O) groups excluding carboxylic acids is 9. The van der Waals surface area contributed by atoms with Crippen LogP contribution in [0.25, 0.3) is 10.9 Å². The zero-order valence-electron chi connectivity index (χ0n) is 38.8. The Bertz CT molecular complexity index is 2580. The molecule has 4 aromatic rings. The number of aromatic nitrogens is 3. The van der Waals surface area contributed by atoms with Gasteiger partial charge in [0.05, 0.1) is 6.33 Å². The second-order valence-electron chi connectivity index (χ2n) is 16.7. The third-order valence-electron chi connectivity index (χ3n) is 11.4. The smallest absolute Gasteiger partial charge is 0.325 e. The van der Waals surface area contributed by atoms with E-state index in [-0.39, 0.29) is 56.1 Å². The molecule has 1 fully saturated rings. The molecule has 10 amide bonds. The Morgan fingerprint density at radius 1 is 0.718 bits per heavy atom. The number of nitrogens with zero attached hydrogens (tertiary/aromatic N) is 3. The second kappa shape index (κ2) is 25.8. The van der Waals surface area contributed by atoms with Gasteiger partial charge in [-0.15, -0.1) is 0 Å². The molecule has 71 heavy (non-hydrogen) atoms. The molecule has 26 heteroatoms. The first kappa shape index (κ1) is 54.3. The van der Waals surface area contributed by atoms with Gasteiger partial charge in [-0.2, -0.15) is 25.3 Å². The lowest BCUT2D eigenvalue weighted by molar-refractivity contribution is -0.137. The van der Waals surface area contributed by atoms with E-state index in [1.165, 1.54) is 26.4 Å². The molecule has 0 bridgehead atoms. The molecule has 0 radical (unpaired) electrons. The first-order valence-corrected chi connectivity index (χ1v) is 23.7. The van der Waals surface area contributed by atoms with Gasteiger partial charge in [-0.25, -0.2) is 14.7 Å². The number of hydrogen-bond acceptors (Lipinski definition) is 13. The number of H-pyrrole nitrogens is 2. The molecule has 24 nitrogen and oxygen atoms in total. The number of nitrogens with two attached hydrogens (primary N) is 3. The number of urea groups is 1. The van der Waals surface area contributed by atoms with Gasteiger partial charge < -0.3 is 64.4 Å². The molecule has 0 saturated carbocycles. The zero-order valence-corrected chi connectivity index (χ0v) is 40.6. The van der Waals surface area contributed by atoms with Gasteiger partial charge in [-0.3, -0.25) is 43.3 Å². The Morgan fingerprint density at radius 3 is 1.90 bits per heavy atom. The van der Waals surface area contributed by atoms with E-state index in [2.05, 4.69) is 82.4 Å². The van der Waals surface area contributed by atoms with Crippen molar-refractivity contribution < 1.29 is 43.2 Å². The van der Waals surface area contributed by atoms with Crippen molar-refractivity contribution in [3.63, 3.8) is 0 Å². The highest BCUT2D eigenvalue weighted by Gasteiger charge is 2.43. The Morgan fingerprint density at radius 2 is 1.31 bits per heavy atom. The first-order valence-electron chi connectivity index (χ1n) is 22.5. The van der Waals surface area contributed by atoms with E-state index in [0.29, 0.717) is 16.8 Å². The summed E-state index contributed by atoms with van der Waals surface area (Å²) >= 11 is 8.30. The van der Waals surface area contributed by atoms with E-state index in [1.807, 2.05) is 24.3 Å². The summed E-state index contributed by atoms with van der Waals surface area (Å²) in [4.78, 5) is 136. The monoisotopic (exact) mass is 1020 g/mol. The van der Waals surface area contributed by atoms with Crippen molar-refractivity contribution in [3.8, 4) is 0 Å². The summed E-state index contributed by atoms with van der Waals surface area (Å²) in [5.41, 5.74) is 19.0. The SMILES string of the molecule is C[C@@H]1NC(=O)N([C@@H](CS)C(=O)N[C@H](C)C(=O)N[C@@H](Cc2cnc[nH]2)C(=O)N[C@H](Cc2ccccc2)C(=O)N[C@@H](CCCN=C(N)N)C(=O)N[C@@H](Cc2c[nH]c3ccccc23)C(=O)N[C@@H](CS)C(N)=O)C1=O. The topological polar surface area (TPSA) is 376 Å². The van der Waals surface area contributed by atoms with Crippen LogP contribution in [-0.2, 0) is 57.6 Å². The van der Waals surface area contributed by atoms with Crippen molar-refractivity contribution in [1.29, 1.82) is 0 Å². The number of primary amides is 1. The third-order valence-corrected chi connectivity index (χ3v) is 12.1. The van der Waals surface area contributed by atoms with Crippen molar-refractivity contribution in [3.05, 3.63) is 90.1 Å². The quantitative estimate of drug-likeness (QED) is 0.0103. The van der Waals surface area contributed by atoms with Crippen LogP contribution >= 0.6 is 25.3 Å². The molecule has 0 aliphatic carbocycles. The van der Waals surface area contributed by atoms with Gasteiger partial charge in [0.1, 0.15) is 48.3 Å². The van der Waals surface area contributed by atoms with Crippen LogP contribution in [0.5, 0.6) is 0 Å². The number of aromatic amines is 2. The number of para-hydroxylation sites is 1. The van der Waals surface area contributed by atoms with Crippen molar-refractivity contribution in [2.24, 2.45) is 22.2 Å². The number of imidazole rings is 1. The van der Waals surface area contributed by atoms with Crippen molar-refractivity contribution in [1.82, 2.24) is 57.1 Å². The normalized spacial score (nSPS) is 16.2. The van der Waals surface area contributed by atoms with Crippen molar-refractivity contribution >= 4 is 95.4 Å². The number of imide groups is 1. The van der Waals surface area contributed by atoms with E-state index >= 15 is 0 Å². The highest BCUT2D eigenvalue weighted by Crippen LogP contribution is 2.20. The fourth-order valence-corrected chi connectivity index (χ4v) is 8.16. The number of amides is 10. The fourth-order valence-electron chi connectivity index (χ4n) is 7.56. The van der Waals surface area contributed by atoms with Gasteiger partial charge in [0, 0.05) is 66.3 Å². The second-order valence-corrected chi connectivity index (χ2v) is 17.4. The average Bonchev–Trinajstić information content (AvgIpc) is 4.07. The molecule has 5 rings (SSSR count). The molecule has 1 aliphatic rings. The van der Waals surface area contributed by atoms with Crippen LogP contribution in [0.1, 0.15) is 43.5 Å². The lowest BCUT2D eigenvalue weighted by atomic mass is 10.0. The molecule has 1 saturated heterocycles. The number of hydrogen-bond donors (Lipinski definition) is 14. The van der Waals surface area contributed by atoms with Gasteiger partial charge in [0.15, 0.2) is 5.96 Å². The maximum atomic E-state index is 14.5. The lowest BCUT2D eigenvalue weighted by Crippen LogP contribution is -2.60. The average molecular weight is 1020 g/mol. The molecule has 380 valence electrons. The molecule has 0 unspecified atom stereocenters. The summed E-state index contributed by atoms with van der Waals surface area (Å²) in [5, 5.41) is 19.0. The number of rotatable bonds is 26. The highest BCUT2D eigenvalue weighted by atomic mass is 32.1. The van der Waals surface area contributed by atoms with E-state index in [9.17, 15) is 43.2 Å². The lowest BCUT2D eigenvalue weighted by Gasteiger charge is -2.28. The fraction of sp³-hybridized carbons (Fsp3) is 0.400. The summed E-state index contributed by atoms with van der Waals surface area (Å²) in [6, 6.07) is 4.95. The Hall–Kier alpha value is -7.61. The number of benzene rings is 2. The van der Waals surface area contributed by atoms with E-state index in [1.54, 1.807) is 36.5 Å². The number of fused-ring (bicyclic) bond motifs is 1. The summed E-state index contributed by atoms with van der Waals surface area (Å²) in [7, 11) is 0. The maximum Gasteiger partial charge on any atom is 0.325 e. The molecule has 15 N–H and O–H groups in total. The van der Waals surface area contributed by atoms with Crippen LogP contribution in [-0.4, -0.2) is 145 Å². The van der Waals surface area contributed by atoms with Gasteiger partial charge in [0.25, 0.3) is 5.91 Å². The summed E-state index contributed by atoms with van der Waals surface area (Å²) in [6.07, 6.45) is 4.24. The minimum absolute atomic E-state index is 0.0573. The third kappa shape index (κ3) is 15.2. The molecule has 0 spiro atoms. The van der Waals surface area contributed by atoms with Crippen LogP contribution in [0.15, 0.2) is 78.3 Å². The van der Waals surface area contributed by atoms with Crippen LogP contribution in [0.3, 0.4) is 0 Å². The van der Waals surface area contributed by atoms with Crippen LogP contribution < -0.4 is 54.4 Å². The van der Waals surface area contributed by atoms with Crippen LogP contribution in [0.4, 0.5) is 4.79 Å². The molecule has 1 aliphatic heterocycles.